The van der Waals surface area contributed by atoms with Crippen molar-refractivity contribution in [1.29, 1.82) is 0 Å². The van der Waals surface area contributed by atoms with Crippen LogP contribution < -0.4 is 5.32 Å². The molecule has 2 aromatic heterocycles. The van der Waals surface area contributed by atoms with Crippen LogP contribution in [0.15, 0.2) is 36.5 Å². The minimum Gasteiger partial charge on any atom is -0.352 e. The van der Waals surface area contributed by atoms with Gasteiger partial charge < -0.3 is 15.2 Å². The first-order valence-corrected chi connectivity index (χ1v) is 8.99. The number of nitrogens with one attached hydrogen (secondary N) is 2. The van der Waals surface area contributed by atoms with Crippen LogP contribution in [0.2, 0.25) is 0 Å². The molecule has 1 atom stereocenters. The molecule has 1 saturated heterocycles. The Bertz CT molecular complexity index is 1030. The van der Waals surface area contributed by atoms with E-state index in [0.29, 0.717) is 24.3 Å². The fourth-order valence-corrected chi connectivity index (χ4v) is 3.54. The van der Waals surface area contributed by atoms with E-state index in [2.05, 4.69) is 20.3 Å². The van der Waals surface area contributed by atoms with Crippen molar-refractivity contribution >= 4 is 23.0 Å². The van der Waals surface area contributed by atoms with E-state index < -0.39 is 0 Å². The molecule has 0 aliphatic carbocycles. The van der Waals surface area contributed by atoms with Crippen molar-refractivity contribution in [2.75, 3.05) is 13.1 Å². The van der Waals surface area contributed by atoms with Gasteiger partial charge >= 0.3 is 0 Å². The number of hydrogen-bond donors (Lipinski definition) is 2. The van der Waals surface area contributed by atoms with Gasteiger partial charge in [-0.25, -0.2) is 9.97 Å². The van der Waals surface area contributed by atoms with Crippen LogP contribution in [0.5, 0.6) is 0 Å². The van der Waals surface area contributed by atoms with Gasteiger partial charge in [-0.3, -0.25) is 9.59 Å². The van der Waals surface area contributed by atoms with E-state index in [-0.39, 0.29) is 17.9 Å². The lowest BCUT2D eigenvalue weighted by atomic mass is 10.0. The SMILES string of the molecule is CC(=O)NC1CCN(C(=O)c2cccc(-c3cnc4nc(C)[nH]c4c3)c2)C1. The fraction of sp³-hybridized carbons (Fsp3) is 0.300. The van der Waals surface area contributed by atoms with Gasteiger partial charge in [-0.2, -0.15) is 0 Å². The van der Waals surface area contributed by atoms with Crippen LogP contribution in [0.4, 0.5) is 0 Å². The van der Waals surface area contributed by atoms with Crippen molar-refractivity contribution < 1.29 is 9.59 Å². The molecule has 0 bridgehead atoms. The summed E-state index contributed by atoms with van der Waals surface area (Å²) < 4.78 is 0. The Morgan fingerprint density at radius 1 is 1.26 bits per heavy atom. The summed E-state index contributed by atoms with van der Waals surface area (Å²) in [5.41, 5.74) is 4.05. The number of likely N-dealkylation sites (tertiary alicyclic amines) is 1. The number of benzene rings is 1. The zero-order chi connectivity index (χ0) is 19.0. The number of hydrogen-bond acceptors (Lipinski definition) is 4. The second kappa shape index (κ2) is 6.83. The Labute approximate surface area is 156 Å². The average Bonchev–Trinajstić information content (AvgIpc) is 3.25. The Morgan fingerprint density at radius 3 is 2.93 bits per heavy atom. The lowest BCUT2D eigenvalue weighted by molar-refractivity contribution is -0.119. The van der Waals surface area contributed by atoms with Crippen LogP contribution >= 0.6 is 0 Å². The van der Waals surface area contributed by atoms with Crippen molar-refractivity contribution in [2.24, 2.45) is 0 Å². The minimum absolute atomic E-state index is 0.0175. The molecule has 7 heteroatoms. The van der Waals surface area contributed by atoms with Gasteiger partial charge in [-0.05, 0) is 37.1 Å². The smallest absolute Gasteiger partial charge is 0.253 e. The molecule has 0 spiro atoms. The lowest BCUT2D eigenvalue weighted by Gasteiger charge is -2.17. The number of aromatic amines is 1. The summed E-state index contributed by atoms with van der Waals surface area (Å²) >= 11 is 0. The van der Waals surface area contributed by atoms with E-state index in [0.717, 1.165) is 28.9 Å². The lowest BCUT2D eigenvalue weighted by Crippen LogP contribution is -2.37. The number of aryl methyl sites for hydroxylation is 1. The number of carbonyl (C=O) groups is 2. The molecule has 1 fully saturated rings. The third-order valence-corrected chi connectivity index (χ3v) is 4.78. The third kappa shape index (κ3) is 3.53. The highest BCUT2D eigenvalue weighted by Gasteiger charge is 2.27. The zero-order valence-electron chi connectivity index (χ0n) is 15.3. The summed E-state index contributed by atoms with van der Waals surface area (Å²) in [6, 6.07) is 9.59. The predicted molar refractivity (Wildman–Crippen MR) is 102 cm³/mol. The summed E-state index contributed by atoms with van der Waals surface area (Å²) in [6.45, 7) is 4.59. The normalized spacial score (nSPS) is 16.7. The number of rotatable bonds is 3. The number of imidazole rings is 1. The number of H-pyrrole nitrogens is 1. The quantitative estimate of drug-likeness (QED) is 0.747. The number of amides is 2. The number of pyridine rings is 1. The standard InChI is InChI=1S/C20H21N5O2/c1-12-22-18-9-16(10-21-19(18)23-12)14-4-3-5-15(8-14)20(27)25-7-6-17(11-25)24-13(2)26/h3-5,8-10,17H,6-7,11H2,1-2H3,(H,24,26)(H,21,22,23). The minimum atomic E-state index is -0.0618. The van der Waals surface area contributed by atoms with Gasteiger partial charge in [0.1, 0.15) is 5.82 Å². The van der Waals surface area contributed by atoms with Crippen LogP contribution in [0, 0.1) is 6.92 Å². The molecule has 0 radical (unpaired) electrons. The maximum absolute atomic E-state index is 12.9. The molecule has 7 nitrogen and oxygen atoms in total. The average molecular weight is 363 g/mol. The first-order valence-electron chi connectivity index (χ1n) is 8.99. The van der Waals surface area contributed by atoms with E-state index in [1.807, 2.05) is 37.3 Å². The summed E-state index contributed by atoms with van der Waals surface area (Å²) in [7, 11) is 0. The highest BCUT2D eigenvalue weighted by Crippen LogP contribution is 2.24. The van der Waals surface area contributed by atoms with Crippen LogP contribution in [0.3, 0.4) is 0 Å². The van der Waals surface area contributed by atoms with E-state index in [1.165, 1.54) is 6.92 Å². The molecule has 3 heterocycles. The van der Waals surface area contributed by atoms with E-state index >= 15 is 0 Å². The van der Waals surface area contributed by atoms with Gasteiger partial charge in [0.05, 0.1) is 5.52 Å². The van der Waals surface area contributed by atoms with Crippen LogP contribution in [0.25, 0.3) is 22.3 Å². The van der Waals surface area contributed by atoms with Crippen molar-refractivity contribution in [1.82, 2.24) is 25.2 Å². The first kappa shape index (κ1) is 17.2. The molecule has 0 saturated carbocycles. The fourth-order valence-electron chi connectivity index (χ4n) is 3.54. The first-order chi connectivity index (χ1) is 13.0. The molecule has 1 aromatic carbocycles. The highest BCUT2D eigenvalue weighted by molar-refractivity contribution is 5.96. The summed E-state index contributed by atoms with van der Waals surface area (Å²) in [5, 5.41) is 2.88. The van der Waals surface area contributed by atoms with E-state index in [9.17, 15) is 9.59 Å². The Morgan fingerprint density at radius 2 is 2.11 bits per heavy atom. The van der Waals surface area contributed by atoms with Gasteiger partial charge in [-0.1, -0.05) is 12.1 Å². The Balaban J connectivity index is 1.56. The van der Waals surface area contributed by atoms with Gasteiger partial charge in [0.15, 0.2) is 5.65 Å². The van der Waals surface area contributed by atoms with Crippen molar-refractivity contribution in [3.8, 4) is 11.1 Å². The monoisotopic (exact) mass is 363 g/mol. The van der Waals surface area contributed by atoms with Gasteiger partial charge in [0, 0.05) is 43.4 Å². The largest absolute Gasteiger partial charge is 0.352 e. The van der Waals surface area contributed by atoms with E-state index in [1.54, 1.807) is 11.1 Å². The number of carbonyl (C=O) groups excluding carboxylic acids is 2. The Kier molecular flexibility index (Phi) is 4.35. The molecular weight excluding hydrogens is 342 g/mol. The maximum Gasteiger partial charge on any atom is 0.253 e. The third-order valence-electron chi connectivity index (χ3n) is 4.78. The molecule has 138 valence electrons. The number of aromatic nitrogens is 3. The van der Waals surface area contributed by atoms with Gasteiger partial charge in [0.2, 0.25) is 5.91 Å². The molecular formula is C20H21N5O2. The zero-order valence-corrected chi connectivity index (χ0v) is 15.3. The molecule has 1 aliphatic heterocycles. The van der Waals surface area contributed by atoms with Crippen LogP contribution in [0.1, 0.15) is 29.5 Å². The maximum atomic E-state index is 12.9. The molecule has 1 aliphatic rings. The highest BCUT2D eigenvalue weighted by atomic mass is 16.2. The second-order valence-corrected chi connectivity index (χ2v) is 6.94. The van der Waals surface area contributed by atoms with Crippen LogP contribution in [-0.2, 0) is 4.79 Å². The van der Waals surface area contributed by atoms with Crippen molar-refractivity contribution in [2.45, 2.75) is 26.3 Å². The van der Waals surface area contributed by atoms with Crippen molar-refractivity contribution in [3.63, 3.8) is 0 Å². The Hall–Kier alpha value is -3.22. The second-order valence-electron chi connectivity index (χ2n) is 6.94. The molecule has 2 amide bonds. The number of fused-ring (bicyclic) bond motifs is 1. The van der Waals surface area contributed by atoms with Crippen molar-refractivity contribution in [3.05, 3.63) is 47.9 Å². The topological polar surface area (TPSA) is 91.0 Å². The molecule has 2 N–H and O–H groups in total. The molecule has 3 aromatic rings. The summed E-state index contributed by atoms with van der Waals surface area (Å²) in [5.74, 6) is 0.741. The van der Waals surface area contributed by atoms with Crippen LogP contribution in [-0.4, -0.2) is 50.8 Å². The predicted octanol–water partition coefficient (Wildman–Crippen LogP) is 2.28. The summed E-state index contributed by atoms with van der Waals surface area (Å²) in [6.07, 6.45) is 2.56. The summed E-state index contributed by atoms with van der Waals surface area (Å²) in [4.78, 5) is 37.8. The van der Waals surface area contributed by atoms with Gasteiger partial charge in [0.25, 0.3) is 5.91 Å². The molecule has 4 rings (SSSR count). The number of nitrogens with zero attached hydrogens (tertiary/aromatic N) is 3. The molecule has 27 heavy (non-hydrogen) atoms. The van der Waals surface area contributed by atoms with E-state index in [4.69, 9.17) is 0 Å². The van der Waals surface area contributed by atoms with Gasteiger partial charge in [-0.15, -0.1) is 0 Å². The molecule has 1 unspecified atom stereocenters.